The fraction of sp³-hybridized carbons (Fsp3) is 0.143. The third kappa shape index (κ3) is 4.10. The first kappa shape index (κ1) is 16.6. The Bertz CT molecular complexity index is 795. The quantitative estimate of drug-likeness (QED) is 0.878. The second-order valence-corrected chi connectivity index (χ2v) is 6.44. The lowest BCUT2D eigenvalue weighted by molar-refractivity contribution is 0.0954. The second kappa shape index (κ2) is 6.53. The molecule has 1 heterocycles. The van der Waals surface area contributed by atoms with Gasteiger partial charge in [0, 0.05) is 19.8 Å². The third-order valence-electron chi connectivity index (χ3n) is 2.79. The lowest BCUT2D eigenvalue weighted by Crippen LogP contribution is -2.30. The van der Waals surface area contributed by atoms with Crippen LogP contribution in [0.4, 0.5) is 10.5 Å². The van der Waals surface area contributed by atoms with Crippen LogP contribution in [0, 0.1) is 0 Å². The van der Waals surface area contributed by atoms with E-state index in [1.807, 2.05) is 4.72 Å². The van der Waals surface area contributed by atoms with Crippen LogP contribution in [0.25, 0.3) is 0 Å². The highest BCUT2D eigenvalue weighted by Crippen LogP contribution is 2.15. The van der Waals surface area contributed by atoms with Crippen LogP contribution < -0.4 is 10.0 Å². The molecule has 1 aromatic carbocycles. The molecule has 0 saturated carbocycles. The van der Waals surface area contributed by atoms with Gasteiger partial charge in [-0.1, -0.05) is 0 Å². The van der Waals surface area contributed by atoms with Crippen molar-refractivity contribution in [1.29, 1.82) is 0 Å². The van der Waals surface area contributed by atoms with Crippen molar-refractivity contribution in [2.45, 2.75) is 4.90 Å². The van der Waals surface area contributed by atoms with Crippen molar-refractivity contribution >= 4 is 27.6 Å². The smallest absolute Gasteiger partial charge is 0.321 e. The summed E-state index contributed by atoms with van der Waals surface area (Å²) in [6.07, 6.45) is 1.27. The Morgan fingerprint density at radius 2 is 1.74 bits per heavy atom. The van der Waals surface area contributed by atoms with Crippen LogP contribution in [0.1, 0.15) is 10.6 Å². The highest BCUT2D eigenvalue weighted by Gasteiger charge is 2.20. The van der Waals surface area contributed by atoms with Gasteiger partial charge in [-0.05, 0) is 36.4 Å². The van der Waals surface area contributed by atoms with Crippen LogP contribution in [-0.2, 0) is 10.0 Å². The molecule has 0 unspecified atom stereocenters. The van der Waals surface area contributed by atoms with Crippen molar-refractivity contribution in [3.05, 3.63) is 48.4 Å². The summed E-state index contributed by atoms with van der Waals surface area (Å²) in [7, 11) is -0.866. The fourth-order valence-corrected chi connectivity index (χ4v) is 2.55. The van der Waals surface area contributed by atoms with Crippen molar-refractivity contribution in [3.63, 3.8) is 0 Å². The van der Waals surface area contributed by atoms with E-state index < -0.39 is 15.9 Å². The van der Waals surface area contributed by atoms with Gasteiger partial charge in [-0.15, -0.1) is 0 Å². The SMILES string of the molecule is CN(C)C(=O)Nc1ccc(S(=O)(=O)NC(=O)c2ccco2)cc1. The number of rotatable bonds is 4. The Kier molecular flexibility index (Phi) is 4.70. The first-order valence-electron chi connectivity index (χ1n) is 6.48. The van der Waals surface area contributed by atoms with Crippen LogP contribution in [-0.4, -0.2) is 39.4 Å². The molecule has 9 heteroatoms. The maximum Gasteiger partial charge on any atom is 0.321 e. The molecule has 2 aromatic rings. The standard InChI is InChI=1S/C14H15N3O5S/c1-17(2)14(19)15-10-5-7-11(8-6-10)23(20,21)16-13(18)12-4-3-9-22-12/h3-9H,1-2H3,(H,15,19)(H,16,18). The number of carbonyl (C=O) groups is 2. The van der Waals surface area contributed by atoms with E-state index >= 15 is 0 Å². The molecule has 0 saturated heterocycles. The van der Waals surface area contributed by atoms with Gasteiger partial charge in [0.25, 0.3) is 10.0 Å². The summed E-state index contributed by atoms with van der Waals surface area (Å²) >= 11 is 0. The Balaban J connectivity index is 2.11. The molecule has 0 spiro atoms. The molecule has 3 amide bonds. The summed E-state index contributed by atoms with van der Waals surface area (Å²) in [5, 5.41) is 2.57. The molecule has 2 rings (SSSR count). The van der Waals surface area contributed by atoms with E-state index in [0.717, 1.165) is 0 Å². The third-order valence-corrected chi connectivity index (χ3v) is 4.14. The molecule has 1 aromatic heterocycles. The van der Waals surface area contributed by atoms with E-state index in [9.17, 15) is 18.0 Å². The summed E-state index contributed by atoms with van der Waals surface area (Å²) in [4.78, 5) is 24.5. The number of nitrogens with one attached hydrogen (secondary N) is 2. The second-order valence-electron chi connectivity index (χ2n) is 4.76. The molecule has 122 valence electrons. The minimum Gasteiger partial charge on any atom is -0.459 e. The van der Waals surface area contributed by atoms with Crippen LogP contribution in [0.2, 0.25) is 0 Å². The maximum absolute atomic E-state index is 12.1. The number of benzene rings is 1. The molecule has 0 radical (unpaired) electrons. The van der Waals surface area contributed by atoms with Crippen molar-refractivity contribution in [2.75, 3.05) is 19.4 Å². The van der Waals surface area contributed by atoms with E-state index in [1.54, 1.807) is 14.1 Å². The number of carbonyl (C=O) groups excluding carboxylic acids is 2. The Hall–Kier alpha value is -2.81. The van der Waals surface area contributed by atoms with E-state index in [1.165, 1.54) is 47.6 Å². The van der Waals surface area contributed by atoms with Crippen molar-refractivity contribution in [2.24, 2.45) is 0 Å². The molecule has 0 bridgehead atoms. The van der Waals surface area contributed by atoms with Crippen LogP contribution in [0.3, 0.4) is 0 Å². The number of hydrogen-bond acceptors (Lipinski definition) is 5. The summed E-state index contributed by atoms with van der Waals surface area (Å²) in [5.74, 6) is -0.969. The molecule has 0 aliphatic carbocycles. The topological polar surface area (TPSA) is 109 Å². The lowest BCUT2D eigenvalue weighted by Gasteiger charge is -2.12. The van der Waals surface area contributed by atoms with Gasteiger partial charge in [0.15, 0.2) is 5.76 Å². The molecule has 2 N–H and O–H groups in total. The minimum atomic E-state index is -4.03. The zero-order valence-corrected chi connectivity index (χ0v) is 13.3. The van der Waals surface area contributed by atoms with Crippen LogP contribution in [0.15, 0.2) is 52.0 Å². The van der Waals surface area contributed by atoms with Gasteiger partial charge in [0.2, 0.25) is 0 Å². The largest absolute Gasteiger partial charge is 0.459 e. The van der Waals surface area contributed by atoms with Gasteiger partial charge in [-0.3, -0.25) is 4.79 Å². The predicted molar refractivity (Wildman–Crippen MR) is 82.5 cm³/mol. The van der Waals surface area contributed by atoms with E-state index in [2.05, 4.69) is 5.32 Å². The number of hydrogen-bond donors (Lipinski definition) is 2. The lowest BCUT2D eigenvalue weighted by atomic mass is 10.3. The van der Waals surface area contributed by atoms with E-state index in [-0.39, 0.29) is 16.7 Å². The minimum absolute atomic E-state index is 0.108. The van der Waals surface area contributed by atoms with Crippen molar-refractivity contribution in [3.8, 4) is 0 Å². The highest BCUT2D eigenvalue weighted by atomic mass is 32.2. The number of sulfonamides is 1. The highest BCUT2D eigenvalue weighted by molar-refractivity contribution is 7.90. The average Bonchev–Trinajstić information content (AvgIpc) is 3.01. The summed E-state index contributed by atoms with van der Waals surface area (Å²) in [6.45, 7) is 0. The molecular weight excluding hydrogens is 322 g/mol. The Morgan fingerprint density at radius 1 is 1.09 bits per heavy atom. The number of anilines is 1. The number of amides is 3. The first-order chi connectivity index (χ1) is 10.8. The number of urea groups is 1. The Morgan fingerprint density at radius 3 is 2.26 bits per heavy atom. The predicted octanol–water partition coefficient (Wildman–Crippen LogP) is 1.49. The zero-order valence-electron chi connectivity index (χ0n) is 12.4. The molecular formula is C14H15N3O5S. The van der Waals surface area contributed by atoms with Gasteiger partial charge in [-0.25, -0.2) is 17.9 Å². The number of nitrogens with zero attached hydrogens (tertiary/aromatic N) is 1. The van der Waals surface area contributed by atoms with E-state index in [0.29, 0.717) is 5.69 Å². The van der Waals surface area contributed by atoms with Crippen LogP contribution >= 0.6 is 0 Å². The first-order valence-corrected chi connectivity index (χ1v) is 7.97. The van der Waals surface area contributed by atoms with Gasteiger partial charge in [0.1, 0.15) is 0 Å². The molecule has 0 aliphatic heterocycles. The maximum atomic E-state index is 12.1. The zero-order chi connectivity index (χ0) is 17.0. The van der Waals surface area contributed by atoms with Gasteiger partial charge < -0.3 is 14.6 Å². The Labute approximate surface area is 133 Å². The van der Waals surface area contributed by atoms with Gasteiger partial charge in [-0.2, -0.15) is 0 Å². The monoisotopic (exact) mass is 337 g/mol. The van der Waals surface area contributed by atoms with Crippen molar-refractivity contribution < 1.29 is 22.4 Å². The fourth-order valence-electron chi connectivity index (χ4n) is 1.59. The number of furan rings is 1. The summed E-state index contributed by atoms with van der Waals surface area (Å²) < 4.78 is 31.0. The molecule has 0 aliphatic rings. The average molecular weight is 337 g/mol. The normalized spacial score (nSPS) is 10.9. The summed E-state index contributed by atoms with van der Waals surface area (Å²) in [5.41, 5.74) is 0.431. The summed E-state index contributed by atoms with van der Waals surface area (Å²) in [6, 6.07) is 7.90. The molecule has 8 nitrogen and oxygen atoms in total. The molecule has 23 heavy (non-hydrogen) atoms. The van der Waals surface area contributed by atoms with Gasteiger partial charge >= 0.3 is 11.9 Å². The van der Waals surface area contributed by atoms with Crippen LogP contribution in [0.5, 0.6) is 0 Å². The van der Waals surface area contributed by atoms with E-state index in [4.69, 9.17) is 4.42 Å². The van der Waals surface area contributed by atoms with Crippen molar-refractivity contribution in [1.82, 2.24) is 9.62 Å². The molecule has 0 atom stereocenters. The van der Waals surface area contributed by atoms with Gasteiger partial charge in [0.05, 0.1) is 11.2 Å². The molecule has 0 fully saturated rings.